The third-order valence-electron chi connectivity index (χ3n) is 4.72. The zero-order chi connectivity index (χ0) is 23.3. The Labute approximate surface area is 183 Å². The van der Waals surface area contributed by atoms with E-state index in [4.69, 9.17) is 9.47 Å². The second-order valence-electron chi connectivity index (χ2n) is 6.86. The quantitative estimate of drug-likeness (QED) is 0.516. The van der Waals surface area contributed by atoms with E-state index in [9.17, 15) is 18.0 Å². The van der Waals surface area contributed by atoms with E-state index in [1.165, 1.54) is 20.4 Å². The summed E-state index contributed by atoms with van der Waals surface area (Å²) < 4.78 is 50.0. The minimum atomic E-state index is -4.49. The fourth-order valence-corrected chi connectivity index (χ4v) is 3.15. The van der Waals surface area contributed by atoms with Crippen LogP contribution in [0, 0.1) is 0 Å². The van der Waals surface area contributed by atoms with Gasteiger partial charge in [-0.3, -0.25) is 4.79 Å². The van der Waals surface area contributed by atoms with Gasteiger partial charge in [0.25, 0.3) is 5.91 Å². The van der Waals surface area contributed by atoms with E-state index in [0.717, 1.165) is 21.9 Å². The van der Waals surface area contributed by atoms with E-state index in [1.807, 2.05) is 0 Å². The molecule has 0 bridgehead atoms. The summed E-state index contributed by atoms with van der Waals surface area (Å²) in [5.41, 5.74) is 1.47. The first-order valence-corrected chi connectivity index (χ1v) is 9.63. The first-order chi connectivity index (χ1) is 15.3. The summed E-state index contributed by atoms with van der Waals surface area (Å²) in [4.78, 5) is 12.7. The van der Waals surface area contributed by atoms with E-state index >= 15 is 0 Å². The molecule has 2 aromatic carbocycles. The van der Waals surface area contributed by atoms with Crippen molar-refractivity contribution in [3.05, 3.63) is 83.7 Å². The van der Waals surface area contributed by atoms with Crippen LogP contribution in [0.5, 0.6) is 11.5 Å². The number of alkyl halides is 3. The van der Waals surface area contributed by atoms with Crippen LogP contribution < -0.4 is 14.8 Å². The zero-order valence-electron chi connectivity index (χ0n) is 17.6. The van der Waals surface area contributed by atoms with Crippen LogP contribution in [-0.2, 0) is 19.1 Å². The van der Waals surface area contributed by atoms with Crippen molar-refractivity contribution in [1.29, 1.82) is 0 Å². The number of carbonyl (C=O) groups excluding carboxylic acids is 1. The van der Waals surface area contributed by atoms with Crippen molar-refractivity contribution < 1.29 is 27.4 Å². The molecule has 1 N–H and O–H groups in total. The molecule has 3 rings (SSSR count). The minimum Gasteiger partial charge on any atom is -0.493 e. The molecule has 1 aromatic heterocycles. The molecule has 0 unspecified atom stereocenters. The molecule has 6 nitrogen and oxygen atoms in total. The standard InChI is InChI=1S/C23H22F3N3O3/c1-4-5-16-12-17(13-19(31-2)21(16)32-3)22(30)27-14-15-6-8-18(9-7-15)29-11-10-20(28-29)23(24,25)26/h4,6-13H,1,5,14H2,2-3H3,(H,27,30). The Bertz CT molecular complexity index is 1110. The number of nitrogens with zero attached hydrogens (tertiary/aromatic N) is 2. The van der Waals surface area contributed by atoms with Gasteiger partial charge in [-0.1, -0.05) is 18.2 Å². The molecule has 32 heavy (non-hydrogen) atoms. The van der Waals surface area contributed by atoms with Gasteiger partial charge in [0.05, 0.1) is 19.9 Å². The highest BCUT2D eigenvalue weighted by Gasteiger charge is 2.33. The van der Waals surface area contributed by atoms with E-state index in [1.54, 1.807) is 42.5 Å². The molecule has 9 heteroatoms. The van der Waals surface area contributed by atoms with Crippen molar-refractivity contribution in [2.45, 2.75) is 19.1 Å². The summed E-state index contributed by atoms with van der Waals surface area (Å²) in [6, 6.07) is 10.9. The number of methoxy groups -OCH3 is 2. The molecule has 0 fully saturated rings. The summed E-state index contributed by atoms with van der Waals surface area (Å²) in [6.07, 6.45) is -1.04. The van der Waals surface area contributed by atoms with Crippen LogP contribution in [-0.4, -0.2) is 29.9 Å². The molecule has 0 atom stereocenters. The van der Waals surface area contributed by atoms with Crippen molar-refractivity contribution in [2.75, 3.05) is 14.2 Å². The lowest BCUT2D eigenvalue weighted by Crippen LogP contribution is -2.23. The van der Waals surface area contributed by atoms with Gasteiger partial charge in [0, 0.05) is 23.9 Å². The Morgan fingerprint density at radius 2 is 1.88 bits per heavy atom. The zero-order valence-corrected chi connectivity index (χ0v) is 17.6. The summed E-state index contributed by atoms with van der Waals surface area (Å²) >= 11 is 0. The van der Waals surface area contributed by atoms with Gasteiger partial charge in [0.1, 0.15) is 0 Å². The molecular weight excluding hydrogens is 423 g/mol. The minimum absolute atomic E-state index is 0.233. The van der Waals surface area contributed by atoms with Crippen molar-refractivity contribution >= 4 is 5.91 Å². The van der Waals surface area contributed by atoms with E-state index < -0.39 is 11.9 Å². The van der Waals surface area contributed by atoms with Crippen LogP contribution >= 0.6 is 0 Å². The predicted octanol–water partition coefficient (Wildman–Crippen LogP) is 4.57. The normalized spacial score (nSPS) is 11.2. The Morgan fingerprint density at radius 3 is 2.44 bits per heavy atom. The monoisotopic (exact) mass is 445 g/mol. The molecule has 0 saturated heterocycles. The third-order valence-corrected chi connectivity index (χ3v) is 4.72. The van der Waals surface area contributed by atoms with Crippen molar-refractivity contribution in [2.24, 2.45) is 0 Å². The number of nitrogens with one attached hydrogen (secondary N) is 1. The number of benzene rings is 2. The van der Waals surface area contributed by atoms with Gasteiger partial charge >= 0.3 is 6.18 Å². The summed E-state index contributed by atoms with van der Waals surface area (Å²) in [5, 5.41) is 6.37. The van der Waals surface area contributed by atoms with Gasteiger partial charge in [-0.15, -0.1) is 6.58 Å². The lowest BCUT2D eigenvalue weighted by molar-refractivity contribution is -0.141. The van der Waals surface area contributed by atoms with E-state index in [0.29, 0.717) is 29.2 Å². The fourth-order valence-electron chi connectivity index (χ4n) is 3.15. The number of hydrogen-bond donors (Lipinski definition) is 1. The number of carbonyl (C=O) groups is 1. The maximum Gasteiger partial charge on any atom is 0.435 e. The van der Waals surface area contributed by atoms with Gasteiger partial charge < -0.3 is 14.8 Å². The summed E-state index contributed by atoms with van der Waals surface area (Å²) in [6.45, 7) is 3.95. The highest BCUT2D eigenvalue weighted by molar-refractivity contribution is 5.95. The Kier molecular flexibility index (Phi) is 6.87. The molecule has 3 aromatic rings. The molecule has 0 saturated carbocycles. The highest BCUT2D eigenvalue weighted by atomic mass is 19.4. The van der Waals surface area contributed by atoms with Crippen molar-refractivity contribution in [1.82, 2.24) is 15.1 Å². The Morgan fingerprint density at radius 1 is 1.16 bits per heavy atom. The first kappa shape index (κ1) is 22.9. The molecule has 0 aliphatic carbocycles. The lowest BCUT2D eigenvalue weighted by Gasteiger charge is -2.14. The van der Waals surface area contributed by atoms with Gasteiger partial charge in [0.15, 0.2) is 17.2 Å². The topological polar surface area (TPSA) is 65.4 Å². The second-order valence-corrected chi connectivity index (χ2v) is 6.86. The summed E-state index contributed by atoms with van der Waals surface area (Å²) in [7, 11) is 3.02. The molecule has 168 valence electrons. The average Bonchev–Trinajstić information content (AvgIpc) is 3.28. The Hall–Kier alpha value is -3.75. The van der Waals surface area contributed by atoms with Crippen LogP contribution in [0.2, 0.25) is 0 Å². The molecule has 1 heterocycles. The van der Waals surface area contributed by atoms with Crippen molar-refractivity contribution in [3.63, 3.8) is 0 Å². The SMILES string of the molecule is C=CCc1cc(C(=O)NCc2ccc(-n3ccc(C(F)(F)F)n3)cc2)cc(OC)c1OC. The average molecular weight is 445 g/mol. The smallest absolute Gasteiger partial charge is 0.435 e. The van der Waals surface area contributed by atoms with Gasteiger partial charge in [0.2, 0.25) is 0 Å². The lowest BCUT2D eigenvalue weighted by atomic mass is 10.0. The summed E-state index contributed by atoms with van der Waals surface area (Å²) in [5.74, 6) is 0.688. The number of allylic oxidation sites excluding steroid dienone is 1. The van der Waals surface area contributed by atoms with Crippen LogP contribution in [0.25, 0.3) is 5.69 Å². The molecule has 1 amide bonds. The largest absolute Gasteiger partial charge is 0.493 e. The Balaban J connectivity index is 1.70. The second kappa shape index (κ2) is 9.59. The number of halogens is 3. The highest BCUT2D eigenvalue weighted by Crippen LogP contribution is 2.33. The van der Waals surface area contributed by atoms with Crippen LogP contribution in [0.1, 0.15) is 27.2 Å². The maximum atomic E-state index is 12.7. The number of aromatic nitrogens is 2. The number of ether oxygens (including phenoxy) is 2. The van der Waals surface area contributed by atoms with Crippen LogP contribution in [0.3, 0.4) is 0 Å². The molecule has 0 aliphatic rings. The van der Waals surface area contributed by atoms with E-state index in [2.05, 4.69) is 17.0 Å². The first-order valence-electron chi connectivity index (χ1n) is 9.63. The number of amides is 1. The van der Waals surface area contributed by atoms with E-state index in [-0.39, 0.29) is 12.5 Å². The number of rotatable bonds is 8. The molecule has 0 radical (unpaired) electrons. The maximum absolute atomic E-state index is 12.7. The third kappa shape index (κ3) is 5.11. The van der Waals surface area contributed by atoms with Crippen molar-refractivity contribution in [3.8, 4) is 17.2 Å². The van der Waals surface area contributed by atoms with Gasteiger partial charge in [-0.25, -0.2) is 4.68 Å². The fraction of sp³-hybridized carbons (Fsp3) is 0.217. The molecule has 0 aliphatic heterocycles. The van der Waals surface area contributed by atoms with Gasteiger partial charge in [-0.05, 0) is 42.3 Å². The van der Waals surface area contributed by atoms with Crippen LogP contribution in [0.4, 0.5) is 13.2 Å². The van der Waals surface area contributed by atoms with Gasteiger partial charge in [-0.2, -0.15) is 18.3 Å². The molecule has 0 spiro atoms. The van der Waals surface area contributed by atoms with Crippen LogP contribution in [0.15, 0.2) is 61.3 Å². The predicted molar refractivity (Wildman–Crippen MR) is 113 cm³/mol. The molecular formula is C23H22F3N3O3. The number of hydrogen-bond acceptors (Lipinski definition) is 4.